The van der Waals surface area contributed by atoms with E-state index in [0.29, 0.717) is 0 Å². The minimum absolute atomic E-state index is 0.0586. The van der Waals surface area contributed by atoms with Gasteiger partial charge in [-0.05, 0) is 62.1 Å². The number of hydrogen-bond acceptors (Lipinski definition) is 3. The average Bonchev–Trinajstić information content (AvgIpc) is 2.83. The summed E-state index contributed by atoms with van der Waals surface area (Å²) in [5.41, 5.74) is 2.23. The number of rotatable bonds is 10. The molecule has 0 aliphatic carbocycles. The van der Waals surface area contributed by atoms with Gasteiger partial charge in [-0.25, -0.2) is 0 Å². The minimum atomic E-state index is 0.0586. The van der Waals surface area contributed by atoms with E-state index in [1.807, 2.05) is 70.2 Å². The molecule has 0 saturated heterocycles. The second-order valence-electron chi connectivity index (χ2n) is 6.68. The molecule has 180 valence electrons. The molecule has 0 aliphatic heterocycles. The van der Waals surface area contributed by atoms with Crippen LogP contribution in [0.4, 0.5) is 0 Å². The molecular formula is C29H46O3. The van der Waals surface area contributed by atoms with Crippen LogP contribution in [0.1, 0.15) is 85.3 Å². The summed E-state index contributed by atoms with van der Waals surface area (Å²) in [5, 5.41) is 0. The van der Waals surface area contributed by atoms with Gasteiger partial charge in [0.25, 0.3) is 0 Å². The molecule has 0 amide bonds. The molecule has 2 aromatic rings. The summed E-state index contributed by atoms with van der Waals surface area (Å²) in [6.45, 7) is 17.5. The van der Waals surface area contributed by atoms with Gasteiger partial charge >= 0.3 is 0 Å². The molecule has 0 heterocycles. The van der Waals surface area contributed by atoms with Crippen LogP contribution >= 0.6 is 0 Å². The number of carbonyl (C=O) groups excluding carboxylic acids is 1. The molecule has 2 aromatic carbocycles. The maximum absolute atomic E-state index is 10.7. The maximum atomic E-state index is 10.7. The number of unbranched alkanes of at least 4 members (excludes halogenated alkanes) is 2. The first-order valence-electron chi connectivity index (χ1n) is 12.2. The number of para-hydroxylation sites is 1. The van der Waals surface area contributed by atoms with Crippen LogP contribution in [0.15, 0.2) is 54.6 Å². The molecule has 3 nitrogen and oxygen atoms in total. The van der Waals surface area contributed by atoms with Crippen LogP contribution in [0.25, 0.3) is 6.08 Å². The Hall–Kier alpha value is -2.55. The van der Waals surface area contributed by atoms with Gasteiger partial charge in [0.15, 0.2) is 5.78 Å². The monoisotopic (exact) mass is 442 g/mol. The van der Waals surface area contributed by atoms with Gasteiger partial charge < -0.3 is 9.47 Å². The highest BCUT2D eigenvalue weighted by atomic mass is 16.5. The highest BCUT2D eigenvalue weighted by molar-refractivity contribution is 5.91. The number of hydrogen-bond donors (Lipinski definition) is 0. The zero-order valence-corrected chi connectivity index (χ0v) is 21.7. The number of ether oxygens (including phenoxy) is 2. The van der Waals surface area contributed by atoms with Gasteiger partial charge in [0, 0.05) is 0 Å². The maximum Gasteiger partial charge on any atom is 0.152 e. The van der Waals surface area contributed by atoms with Crippen LogP contribution < -0.4 is 9.47 Å². The van der Waals surface area contributed by atoms with E-state index < -0.39 is 0 Å². The molecule has 0 N–H and O–H groups in total. The van der Waals surface area contributed by atoms with Gasteiger partial charge in [-0.15, -0.1) is 0 Å². The summed E-state index contributed by atoms with van der Waals surface area (Å²) >= 11 is 0. The zero-order chi connectivity index (χ0) is 24.6. The Morgan fingerprint density at radius 1 is 0.812 bits per heavy atom. The number of ketones is 1. The molecule has 0 unspecified atom stereocenters. The van der Waals surface area contributed by atoms with Crippen molar-refractivity contribution in [2.75, 3.05) is 13.2 Å². The first-order chi connectivity index (χ1) is 15.6. The molecule has 0 bridgehead atoms. The van der Waals surface area contributed by atoms with Crippen molar-refractivity contribution >= 4 is 11.9 Å². The van der Waals surface area contributed by atoms with Gasteiger partial charge in [0.2, 0.25) is 0 Å². The Kier molecular flexibility index (Phi) is 22.9. The summed E-state index contributed by atoms with van der Waals surface area (Å²) in [5.74, 6) is 1.96. The van der Waals surface area contributed by atoms with E-state index in [4.69, 9.17) is 9.47 Å². The number of allylic oxidation sites excluding steroid dienone is 1. The lowest BCUT2D eigenvalue weighted by Crippen LogP contribution is -1.97. The van der Waals surface area contributed by atoms with E-state index in [1.54, 1.807) is 19.1 Å². The second-order valence-corrected chi connectivity index (χ2v) is 6.68. The summed E-state index contributed by atoms with van der Waals surface area (Å²) in [6, 6.07) is 15.9. The van der Waals surface area contributed by atoms with E-state index in [2.05, 4.69) is 26.8 Å². The molecule has 0 saturated carbocycles. The van der Waals surface area contributed by atoms with Crippen LogP contribution in [0, 0.1) is 6.92 Å². The van der Waals surface area contributed by atoms with Gasteiger partial charge in [-0.1, -0.05) is 90.8 Å². The normalized spacial score (nSPS) is 9.38. The van der Waals surface area contributed by atoms with Gasteiger partial charge in [-0.3, -0.25) is 4.79 Å². The van der Waals surface area contributed by atoms with Crippen LogP contribution in [0.3, 0.4) is 0 Å². The van der Waals surface area contributed by atoms with E-state index in [1.165, 1.54) is 12.0 Å². The fraction of sp³-hybridized carbons (Fsp3) is 0.483. The summed E-state index contributed by atoms with van der Waals surface area (Å²) < 4.78 is 11.1. The predicted octanol–water partition coefficient (Wildman–Crippen LogP) is 8.69. The van der Waals surface area contributed by atoms with Crippen molar-refractivity contribution in [3.63, 3.8) is 0 Å². The van der Waals surface area contributed by atoms with Gasteiger partial charge in [-0.2, -0.15) is 0 Å². The topological polar surface area (TPSA) is 35.5 Å². The van der Waals surface area contributed by atoms with Crippen molar-refractivity contribution in [3.05, 3.63) is 65.7 Å². The molecule has 0 aliphatic rings. The van der Waals surface area contributed by atoms with E-state index in [0.717, 1.165) is 49.5 Å². The molecule has 0 spiro atoms. The number of benzene rings is 2. The molecule has 0 radical (unpaired) electrons. The van der Waals surface area contributed by atoms with Crippen molar-refractivity contribution in [3.8, 4) is 11.5 Å². The molecule has 0 atom stereocenters. The minimum Gasteiger partial charge on any atom is -0.494 e. The van der Waals surface area contributed by atoms with Gasteiger partial charge in [0.05, 0.1) is 13.2 Å². The standard InChI is InChI=1S/C14H18O2.C11H16O.2C2H6/c1-3-4-11-16-14-9-7-13(8-10-14)6-5-12(2)15;1-3-4-9-12-11-8-6-5-7-10(11)2;2*1-2/h5-10H,3-4,11H2,1-2H3;5-8H,3-4,9H2,1-2H3;2*1-2H3/b6-5+;;;. The lowest BCUT2D eigenvalue weighted by Gasteiger charge is -2.07. The number of carbonyl (C=O) groups is 1. The zero-order valence-electron chi connectivity index (χ0n) is 21.7. The Labute approximate surface area is 197 Å². The first kappa shape index (κ1) is 31.6. The lowest BCUT2D eigenvalue weighted by molar-refractivity contribution is -0.112. The third kappa shape index (κ3) is 17.2. The van der Waals surface area contributed by atoms with Crippen LogP contribution in [0.2, 0.25) is 0 Å². The fourth-order valence-corrected chi connectivity index (χ4v) is 2.27. The van der Waals surface area contributed by atoms with Gasteiger partial charge in [0.1, 0.15) is 11.5 Å². The highest BCUT2D eigenvalue weighted by Gasteiger charge is 1.95. The molecule has 0 aromatic heterocycles. The molecule has 32 heavy (non-hydrogen) atoms. The molecule has 3 heteroatoms. The van der Waals surface area contributed by atoms with Crippen LogP contribution in [0.5, 0.6) is 11.5 Å². The average molecular weight is 443 g/mol. The van der Waals surface area contributed by atoms with Crippen molar-refractivity contribution in [2.24, 2.45) is 0 Å². The third-order valence-corrected chi connectivity index (χ3v) is 4.01. The lowest BCUT2D eigenvalue weighted by atomic mass is 10.2. The Morgan fingerprint density at radius 2 is 1.34 bits per heavy atom. The smallest absolute Gasteiger partial charge is 0.152 e. The second kappa shape index (κ2) is 23.1. The Balaban J connectivity index is 0. The van der Waals surface area contributed by atoms with Crippen LogP contribution in [-0.4, -0.2) is 19.0 Å². The molecular weight excluding hydrogens is 396 g/mol. The third-order valence-electron chi connectivity index (χ3n) is 4.01. The van der Waals surface area contributed by atoms with E-state index in [-0.39, 0.29) is 5.78 Å². The van der Waals surface area contributed by atoms with Crippen molar-refractivity contribution in [2.45, 2.75) is 81.1 Å². The SMILES string of the molecule is CC.CC.CCCCOc1ccc(/C=C/C(C)=O)cc1.CCCCOc1ccccc1C. The largest absolute Gasteiger partial charge is 0.494 e. The van der Waals surface area contributed by atoms with E-state index >= 15 is 0 Å². The quantitative estimate of drug-likeness (QED) is 0.273. The first-order valence-corrected chi connectivity index (χ1v) is 12.2. The van der Waals surface area contributed by atoms with Crippen molar-refractivity contribution < 1.29 is 14.3 Å². The summed E-state index contributed by atoms with van der Waals surface area (Å²) in [4.78, 5) is 10.7. The van der Waals surface area contributed by atoms with E-state index in [9.17, 15) is 4.79 Å². The summed E-state index contributed by atoms with van der Waals surface area (Å²) in [6.07, 6.45) is 7.90. The van der Waals surface area contributed by atoms with Crippen molar-refractivity contribution in [1.82, 2.24) is 0 Å². The van der Waals surface area contributed by atoms with Crippen molar-refractivity contribution in [1.29, 1.82) is 0 Å². The highest BCUT2D eigenvalue weighted by Crippen LogP contribution is 2.16. The van der Waals surface area contributed by atoms with Crippen LogP contribution in [-0.2, 0) is 4.79 Å². The molecule has 0 fully saturated rings. The Bertz CT molecular complexity index is 703. The Morgan fingerprint density at radius 3 is 1.84 bits per heavy atom. The summed E-state index contributed by atoms with van der Waals surface area (Å²) in [7, 11) is 0. The fourth-order valence-electron chi connectivity index (χ4n) is 2.27. The number of aryl methyl sites for hydroxylation is 1. The molecule has 2 rings (SSSR count). The predicted molar refractivity (Wildman–Crippen MR) is 141 cm³/mol.